The lowest BCUT2D eigenvalue weighted by atomic mass is 10.2. The van der Waals surface area contributed by atoms with Gasteiger partial charge in [0.25, 0.3) is 0 Å². The zero-order valence-corrected chi connectivity index (χ0v) is 13.4. The number of hydrogen-bond acceptors (Lipinski definition) is 7. The van der Waals surface area contributed by atoms with E-state index >= 15 is 0 Å². The molecule has 2 heterocycles. The molecule has 0 aliphatic carbocycles. The first-order valence-corrected chi connectivity index (χ1v) is 7.97. The fourth-order valence-corrected chi connectivity index (χ4v) is 3.09. The molecule has 0 aromatic carbocycles. The number of aryl methyl sites for hydroxylation is 1. The largest absolute Gasteiger partial charge is 0.380 e. The summed E-state index contributed by atoms with van der Waals surface area (Å²) < 4.78 is 9.40. The van der Waals surface area contributed by atoms with Crippen LogP contribution < -0.4 is 10.6 Å². The molecule has 1 atom stereocenters. The van der Waals surface area contributed by atoms with Crippen LogP contribution in [0.5, 0.6) is 0 Å². The molecule has 1 fully saturated rings. The number of amides is 1. The Morgan fingerprint density at radius 3 is 2.86 bits per heavy atom. The molecule has 8 heteroatoms. The monoisotopic (exact) mass is 313 g/mol. The Hall–Kier alpha value is -1.25. The Morgan fingerprint density at radius 2 is 2.24 bits per heavy atom. The molecule has 1 amide bonds. The number of rotatable bonds is 5. The molecule has 1 aromatic rings. The third kappa shape index (κ3) is 4.36. The van der Waals surface area contributed by atoms with E-state index in [1.807, 2.05) is 11.8 Å². The average Bonchev–Trinajstić information content (AvgIpc) is 2.77. The Labute approximate surface area is 129 Å². The summed E-state index contributed by atoms with van der Waals surface area (Å²) in [5.74, 6) is 0.917. The number of hydrogen-bond donors (Lipinski definition) is 1. The highest BCUT2D eigenvalue weighted by atomic mass is 32.1. The fraction of sp³-hybridized carbons (Fsp3) is 0.769. The minimum atomic E-state index is -0.192. The van der Waals surface area contributed by atoms with Crippen LogP contribution in [0.15, 0.2) is 0 Å². The van der Waals surface area contributed by atoms with E-state index in [4.69, 9.17) is 10.5 Å². The molecule has 0 spiro atoms. The quantitative estimate of drug-likeness (QED) is 0.839. The summed E-state index contributed by atoms with van der Waals surface area (Å²) in [6.45, 7) is 5.44. The molecule has 1 aliphatic heterocycles. The van der Waals surface area contributed by atoms with Crippen molar-refractivity contribution in [3.8, 4) is 0 Å². The van der Waals surface area contributed by atoms with E-state index in [-0.39, 0.29) is 12.0 Å². The second-order valence-electron chi connectivity index (χ2n) is 5.14. The number of carbonyl (C=O) groups is 1. The minimum Gasteiger partial charge on any atom is -0.380 e. The molecular weight excluding hydrogens is 290 g/mol. The molecule has 1 unspecified atom stereocenters. The van der Waals surface area contributed by atoms with E-state index < -0.39 is 0 Å². The summed E-state index contributed by atoms with van der Waals surface area (Å²) in [6, 6.07) is 0. The third-order valence-electron chi connectivity index (χ3n) is 3.63. The molecule has 21 heavy (non-hydrogen) atoms. The van der Waals surface area contributed by atoms with E-state index in [9.17, 15) is 4.79 Å². The number of nitrogens with zero attached hydrogens (tertiary/aromatic N) is 4. The molecule has 1 aliphatic rings. The van der Waals surface area contributed by atoms with Crippen LogP contribution in [-0.2, 0) is 9.53 Å². The van der Waals surface area contributed by atoms with Gasteiger partial charge >= 0.3 is 0 Å². The van der Waals surface area contributed by atoms with Gasteiger partial charge in [0.05, 0.1) is 12.5 Å². The molecule has 0 saturated carbocycles. The van der Waals surface area contributed by atoms with Crippen LogP contribution in [-0.4, -0.2) is 66.1 Å². The Bertz CT molecular complexity index is 463. The van der Waals surface area contributed by atoms with Crippen LogP contribution in [0.25, 0.3) is 0 Å². The van der Waals surface area contributed by atoms with Gasteiger partial charge < -0.3 is 20.3 Å². The van der Waals surface area contributed by atoms with Crippen LogP contribution in [0.4, 0.5) is 5.13 Å². The lowest BCUT2D eigenvalue weighted by Gasteiger charge is -2.23. The first-order chi connectivity index (χ1) is 10.1. The summed E-state index contributed by atoms with van der Waals surface area (Å²) in [4.78, 5) is 20.8. The van der Waals surface area contributed by atoms with Crippen molar-refractivity contribution in [3.63, 3.8) is 0 Å². The predicted molar refractivity (Wildman–Crippen MR) is 82.5 cm³/mol. The van der Waals surface area contributed by atoms with Crippen molar-refractivity contribution in [1.82, 2.24) is 14.3 Å². The van der Waals surface area contributed by atoms with E-state index in [1.165, 1.54) is 11.5 Å². The van der Waals surface area contributed by atoms with Crippen molar-refractivity contribution in [2.75, 3.05) is 44.7 Å². The molecule has 1 aromatic heterocycles. The maximum absolute atomic E-state index is 12.3. The molecule has 0 radical (unpaired) electrons. The molecule has 0 bridgehead atoms. The van der Waals surface area contributed by atoms with Crippen molar-refractivity contribution in [3.05, 3.63) is 5.82 Å². The van der Waals surface area contributed by atoms with Gasteiger partial charge in [0.15, 0.2) is 0 Å². The molecule has 2 N–H and O–H groups in total. The lowest BCUT2D eigenvalue weighted by Crippen LogP contribution is -2.38. The van der Waals surface area contributed by atoms with Crippen LogP contribution >= 0.6 is 11.5 Å². The SMILES string of the molecule is COC(CN)CC(=O)N1CCCN(c2nc(C)ns2)CC1. The Morgan fingerprint density at radius 1 is 1.43 bits per heavy atom. The van der Waals surface area contributed by atoms with Gasteiger partial charge in [-0.3, -0.25) is 4.79 Å². The predicted octanol–water partition coefficient (Wildman–Crippen LogP) is 0.249. The van der Waals surface area contributed by atoms with Crippen molar-refractivity contribution in [2.45, 2.75) is 25.9 Å². The van der Waals surface area contributed by atoms with Crippen LogP contribution in [0, 0.1) is 6.92 Å². The highest BCUT2D eigenvalue weighted by Gasteiger charge is 2.22. The van der Waals surface area contributed by atoms with E-state index in [2.05, 4.69) is 14.3 Å². The second kappa shape index (κ2) is 7.67. The van der Waals surface area contributed by atoms with Gasteiger partial charge in [-0.25, -0.2) is 4.98 Å². The number of nitrogens with two attached hydrogens (primary N) is 1. The number of ether oxygens (including phenoxy) is 1. The van der Waals surface area contributed by atoms with Gasteiger partial charge in [-0.05, 0) is 13.3 Å². The minimum absolute atomic E-state index is 0.114. The number of aromatic nitrogens is 2. The van der Waals surface area contributed by atoms with Crippen molar-refractivity contribution < 1.29 is 9.53 Å². The van der Waals surface area contributed by atoms with Crippen molar-refractivity contribution in [1.29, 1.82) is 0 Å². The lowest BCUT2D eigenvalue weighted by molar-refractivity contribution is -0.133. The summed E-state index contributed by atoms with van der Waals surface area (Å²) in [6.07, 6.45) is 1.10. The third-order valence-corrected chi connectivity index (χ3v) is 4.50. The zero-order chi connectivity index (χ0) is 15.2. The second-order valence-corrected chi connectivity index (χ2v) is 5.87. The smallest absolute Gasteiger partial charge is 0.225 e. The first-order valence-electron chi connectivity index (χ1n) is 7.20. The van der Waals surface area contributed by atoms with Gasteiger partial charge in [0.1, 0.15) is 5.82 Å². The average molecular weight is 313 g/mol. The highest BCUT2D eigenvalue weighted by molar-refractivity contribution is 7.09. The standard InChI is InChI=1S/C13H23N5O2S/c1-10-15-13(21-16-10)18-5-3-4-17(6-7-18)12(19)8-11(9-14)20-2/h11H,3-9,14H2,1-2H3. The summed E-state index contributed by atoms with van der Waals surface area (Å²) in [5, 5.41) is 0.943. The molecular formula is C13H23N5O2S. The summed E-state index contributed by atoms with van der Waals surface area (Å²) >= 11 is 1.42. The number of anilines is 1. The van der Waals surface area contributed by atoms with Gasteiger partial charge in [0, 0.05) is 51.4 Å². The molecule has 7 nitrogen and oxygen atoms in total. The maximum Gasteiger partial charge on any atom is 0.225 e. The molecule has 118 valence electrons. The van der Waals surface area contributed by atoms with Gasteiger partial charge in [-0.15, -0.1) is 0 Å². The van der Waals surface area contributed by atoms with Gasteiger partial charge in [-0.1, -0.05) is 0 Å². The zero-order valence-electron chi connectivity index (χ0n) is 12.6. The molecule has 2 rings (SSSR count). The van der Waals surface area contributed by atoms with E-state index in [0.717, 1.165) is 37.0 Å². The van der Waals surface area contributed by atoms with Crippen LogP contribution in [0.3, 0.4) is 0 Å². The highest BCUT2D eigenvalue weighted by Crippen LogP contribution is 2.19. The van der Waals surface area contributed by atoms with E-state index in [0.29, 0.717) is 19.5 Å². The fourth-order valence-electron chi connectivity index (χ4n) is 2.36. The normalized spacial score (nSPS) is 17.7. The summed E-state index contributed by atoms with van der Waals surface area (Å²) in [7, 11) is 1.59. The van der Waals surface area contributed by atoms with E-state index in [1.54, 1.807) is 7.11 Å². The topological polar surface area (TPSA) is 84.6 Å². The number of carbonyl (C=O) groups excluding carboxylic acids is 1. The first kappa shape index (κ1) is 16.1. The number of methoxy groups -OCH3 is 1. The van der Waals surface area contributed by atoms with Crippen molar-refractivity contribution in [2.24, 2.45) is 5.73 Å². The van der Waals surface area contributed by atoms with Crippen LogP contribution in [0.1, 0.15) is 18.7 Å². The van der Waals surface area contributed by atoms with Crippen molar-refractivity contribution >= 4 is 22.6 Å². The van der Waals surface area contributed by atoms with Gasteiger partial charge in [-0.2, -0.15) is 4.37 Å². The Kier molecular flexibility index (Phi) is 5.89. The molecule has 1 saturated heterocycles. The summed E-state index contributed by atoms with van der Waals surface area (Å²) in [5.41, 5.74) is 5.57. The van der Waals surface area contributed by atoms with Gasteiger partial charge in [0.2, 0.25) is 11.0 Å². The maximum atomic E-state index is 12.3. The Balaban J connectivity index is 1.89. The van der Waals surface area contributed by atoms with Crippen LogP contribution in [0.2, 0.25) is 0 Å².